The number of rotatable bonds is 4. The zero-order valence-corrected chi connectivity index (χ0v) is 16.3. The topological polar surface area (TPSA) is 48.0 Å². The van der Waals surface area contributed by atoms with E-state index in [4.69, 9.17) is 0 Å². The van der Waals surface area contributed by atoms with Gasteiger partial charge < -0.3 is 4.40 Å². The van der Waals surface area contributed by atoms with Crippen molar-refractivity contribution in [1.82, 2.24) is 24.1 Å². The van der Waals surface area contributed by atoms with Crippen molar-refractivity contribution in [3.8, 4) is 22.4 Å². The molecule has 4 aromatic rings. The first-order chi connectivity index (χ1) is 13.6. The third-order valence-electron chi connectivity index (χ3n) is 4.97. The maximum absolute atomic E-state index is 13.2. The monoisotopic (exact) mass is 399 g/mol. The van der Waals surface area contributed by atoms with Crippen LogP contribution in [0.3, 0.4) is 0 Å². The zero-order chi connectivity index (χ0) is 20.8. The summed E-state index contributed by atoms with van der Waals surface area (Å²) in [6.07, 6.45) is 4.38. The summed E-state index contributed by atoms with van der Waals surface area (Å²) in [4.78, 5) is 8.99. The van der Waals surface area contributed by atoms with E-state index in [0.717, 1.165) is 28.2 Å². The van der Waals surface area contributed by atoms with Gasteiger partial charge in [-0.1, -0.05) is 6.07 Å². The number of imidazole rings is 1. The number of halogens is 3. The van der Waals surface area contributed by atoms with Crippen LogP contribution in [0.4, 0.5) is 13.2 Å². The highest BCUT2D eigenvalue weighted by Crippen LogP contribution is 2.39. The fourth-order valence-electron chi connectivity index (χ4n) is 3.15. The molecule has 8 heteroatoms. The zero-order valence-electron chi connectivity index (χ0n) is 16.3. The van der Waals surface area contributed by atoms with Crippen LogP contribution in [0.15, 0.2) is 55.2 Å². The molecule has 0 saturated heterocycles. The average molecular weight is 399 g/mol. The summed E-state index contributed by atoms with van der Waals surface area (Å²) < 4.78 is 42.9. The second-order valence-corrected chi connectivity index (χ2v) is 7.77. The Bertz CT molecular complexity index is 1170. The van der Waals surface area contributed by atoms with Crippen molar-refractivity contribution < 1.29 is 13.2 Å². The van der Waals surface area contributed by atoms with Crippen molar-refractivity contribution in [3.05, 3.63) is 60.9 Å². The Morgan fingerprint density at radius 3 is 2.59 bits per heavy atom. The highest BCUT2D eigenvalue weighted by molar-refractivity contribution is 5.81. The number of nitrogens with zero attached hydrogens (tertiary/aromatic N) is 5. The van der Waals surface area contributed by atoms with E-state index in [1.807, 2.05) is 48.0 Å². The van der Waals surface area contributed by atoms with Crippen LogP contribution >= 0.6 is 0 Å². The summed E-state index contributed by atoms with van der Waals surface area (Å²) in [5.74, 6) is 0. The van der Waals surface area contributed by atoms with Crippen LogP contribution in [0.25, 0.3) is 28.0 Å². The van der Waals surface area contributed by atoms with Crippen molar-refractivity contribution in [2.45, 2.75) is 33.5 Å². The molecule has 0 aliphatic rings. The largest absolute Gasteiger partial charge is 0.395 e. The van der Waals surface area contributed by atoms with Crippen LogP contribution in [0, 0.1) is 12.3 Å². The van der Waals surface area contributed by atoms with Gasteiger partial charge in [0.25, 0.3) is 0 Å². The summed E-state index contributed by atoms with van der Waals surface area (Å²) in [6, 6.07) is 7.67. The molecular formula is C21H20F3N5. The number of aryl methyl sites for hydroxylation is 1. The van der Waals surface area contributed by atoms with Crippen LogP contribution in [0.5, 0.6) is 0 Å². The molecule has 0 aliphatic heterocycles. The summed E-state index contributed by atoms with van der Waals surface area (Å²) in [5, 5.41) is 4.16. The molecule has 4 aromatic heterocycles. The van der Waals surface area contributed by atoms with E-state index in [1.165, 1.54) is 18.5 Å². The Kier molecular flexibility index (Phi) is 4.44. The number of fused-ring (bicyclic) bond motifs is 1. The minimum absolute atomic E-state index is 0.259. The van der Waals surface area contributed by atoms with Gasteiger partial charge in [0.1, 0.15) is 5.65 Å². The van der Waals surface area contributed by atoms with Crippen LogP contribution in [0.2, 0.25) is 0 Å². The molecule has 0 aliphatic carbocycles. The molecular weight excluding hydrogens is 379 g/mol. The molecule has 0 radical (unpaired) electrons. The van der Waals surface area contributed by atoms with Gasteiger partial charge in [-0.2, -0.15) is 18.3 Å². The molecule has 29 heavy (non-hydrogen) atoms. The van der Waals surface area contributed by atoms with Gasteiger partial charge in [0, 0.05) is 47.2 Å². The van der Waals surface area contributed by atoms with Crippen molar-refractivity contribution in [3.63, 3.8) is 0 Å². The van der Waals surface area contributed by atoms with E-state index in [-0.39, 0.29) is 6.54 Å². The summed E-state index contributed by atoms with van der Waals surface area (Å²) in [6.45, 7) is 3.99. The lowest BCUT2D eigenvalue weighted by Gasteiger charge is -2.27. The highest BCUT2D eigenvalue weighted by Gasteiger charge is 2.47. The molecule has 0 N–H and O–H groups in total. The Morgan fingerprint density at radius 1 is 1.03 bits per heavy atom. The lowest BCUT2D eigenvalue weighted by atomic mass is 9.93. The number of pyridine rings is 2. The van der Waals surface area contributed by atoms with Gasteiger partial charge in [-0.25, -0.2) is 4.98 Å². The van der Waals surface area contributed by atoms with Gasteiger partial charge in [-0.05, 0) is 39.0 Å². The van der Waals surface area contributed by atoms with Crippen LogP contribution in [-0.4, -0.2) is 30.3 Å². The minimum Gasteiger partial charge on any atom is -0.307 e. The fourth-order valence-corrected chi connectivity index (χ4v) is 3.15. The number of alkyl halides is 3. The molecule has 0 unspecified atom stereocenters. The molecule has 0 spiro atoms. The second-order valence-electron chi connectivity index (χ2n) is 7.77. The summed E-state index contributed by atoms with van der Waals surface area (Å²) >= 11 is 0. The van der Waals surface area contributed by atoms with Gasteiger partial charge in [0.15, 0.2) is 0 Å². The lowest BCUT2D eigenvalue weighted by Crippen LogP contribution is -2.36. The highest BCUT2D eigenvalue weighted by atomic mass is 19.4. The Labute approximate surface area is 165 Å². The van der Waals surface area contributed by atoms with Crippen LogP contribution in [0.1, 0.15) is 19.5 Å². The predicted molar refractivity (Wildman–Crippen MR) is 104 cm³/mol. The van der Waals surface area contributed by atoms with Crippen molar-refractivity contribution >= 4 is 5.65 Å². The van der Waals surface area contributed by atoms with E-state index < -0.39 is 11.6 Å². The van der Waals surface area contributed by atoms with Crippen molar-refractivity contribution in [1.29, 1.82) is 0 Å². The molecule has 0 bridgehead atoms. The van der Waals surface area contributed by atoms with Crippen molar-refractivity contribution in [2.75, 3.05) is 0 Å². The Hall–Kier alpha value is -3.16. The Balaban J connectivity index is 1.74. The molecule has 0 amide bonds. The molecule has 0 saturated carbocycles. The van der Waals surface area contributed by atoms with E-state index >= 15 is 0 Å². The molecule has 0 atom stereocenters. The third-order valence-corrected chi connectivity index (χ3v) is 4.97. The normalized spacial score (nSPS) is 12.6. The van der Waals surface area contributed by atoms with Gasteiger partial charge >= 0.3 is 6.18 Å². The number of aromatic nitrogens is 5. The summed E-state index contributed by atoms with van der Waals surface area (Å²) in [5.41, 5.74) is 2.90. The average Bonchev–Trinajstić information content (AvgIpc) is 3.28. The van der Waals surface area contributed by atoms with Gasteiger partial charge in [-0.3, -0.25) is 9.67 Å². The van der Waals surface area contributed by atoms with Crippen LogP contribution < -0.4 is 0 Å². The van der Waals surface area contributed by atoms with Gasteiger partial charge in [-0.15, -0.1) is 0 Å². The minimum atomic E-state index is -4.31. The number of hydrogen-bond acceptors (Lipinski definition) is 3. The first-order valence-corrected chi connectivity index (χ1v) is 9.14. The first-order valence-electron chi connectivity index (χ1n) is 9.14. The van der Waals surface area contributed by atoms with Crippen LogP contribution in [-0.2, 0) is 6.54 Å². The van der Waals surface area contributed by atoms with Gasteiger partial charge in [0.05, 0.1) is 23.9 Å². The molecule has 150 valence electrons. The van der Waals surface area contributed by atoms with E-state index in [1.54, 1.807) is 18.6 Å². The quantitative estimate of drug-likeness (QED) is 0.476. The first kappa shape index (κ1) is 19.2. The van der Waals surface area contributed by atoms with Crippen molar-refractivity contribution in [2.24, 2.45) is 5.41 Å². The Morgan fingerprint density at radius 2 is 1.83 bits per heavy atom. The SMILES string of the molecule is Cc1ccc(-c2cnn(CC(C)(C)C(F)(F)F)c2)c(-c2ccn3ccnc3c2)n1. The third kappa shape index (κ3) is 3.62. The second kappa shape index (κ2) is 6.72. The maximum atomic E-state index is 13.2. The smallest absolute Gasteiger partial charge is 0.307 e. The molecule has 0 aromatic carbocycles. The van der Waals surface area contributed by atoms with E-state index in [0.29, 0.717) is 5.56 Å². The van der Waals surface area contributed by atoms with Gasteiger partial charge in [0.2, 0.25) is 0 Å². The molecule has 0 fully saturated rings. The lowest BCUT2D eigenvalue weighted by molar-refractivity contribution is -0.216. The molecule has 4 rings (SSSR count). The van der Waals surface area contributed by atoms with E-state index in [2.05, 4.69) is 15.1 Å². The predicted octanol–water partition coefficient (Wildman–Crippen LogP) is 5.16. The molecule has 5 nitrogen and oxygen atoms in total. The summed E-state index contributed by atoms with van der Waals surface area (Å²) in [7, 11) is 0. The number of hydrogen-bond donors (Lipinski definition) is 0. The molecule has 4 heterocycles. The standard InChI is InChI=1S/C21H20F3N5/c1-14-4-5-17(16-11-26-29(12-16)13-20(2,3)21(22,23)24)19(27-14)15-6-8-28-9-7-25-18(28)10-15/h4-12H,13H2,1-3H3. The maximum Gasteiger partial charge on any atom is 0.395 e. The fraction of sp³-hybridized carbons (Fsp3) is 0.286. The van der Waals surface area contributed by atoms with E-state index in [9.17, 15) is 13.2 Å².